The molecule has 1 atom stereocenters. The van der Waals surface area contributed by atoms with Crippen LogP contribution >= 0.6 is 0 Å². The largest absolute Gasteiger partial charge is 0.381 e. The van der Waals surface area contributed by atoms with Crippen molar-refractivity contribution in [1.82, 2.24) is 5.32 Å². The lowest BCUT2D eigenvalue weighted by Gasteiger charge is -2.14. The standard InChI is InChI=1S/C10H19NO/c1-2-10(5-7-12-6-1)11-8-9-3-4-9/h9-11H,1-8H2. The molecule has 1 aliphatic carbocycles. The van der Waals surface area contributed by atoms with Crippen LogP contribution in [0.5, 0.6) is 0 Å². The summed E-state index contributed by atoms with van der Waals surface area (Å²) in [5.74, 6) is 1.01. The second-order valence-corrected chi connectivity index (χ2v) is 4.09. The molecule has 1 heterocycles. The van der Waals surface area contributed by atoms with Crippen LogP contribution in [0.3, 0.4) is 0 Å². The van der Waals surface area contributed by atoms with Crippen LogP contribution in [0.25, 0.3) is 0 Å². The molecule has 1 unspecified atom stereocenters. The highest BCUT2D eigenvalue weighted by Gasteiger charge is 2.22. The zero-order valence-electron chi connectivity index (χ0n) is 7.72. The molecule has 0 aromatic heterocycles. The maximum Gasteiger partial charge on any atom is 0.0480 e. The Kier molecular flexibility index (Phi) is 3.01. The Bertz CT molecular complexity index is 126. The van der Waals surface area contributed by atoms with Gasteiger partial charge < -0.3 is 10.1 Å². The molecule has 1 saturated heterocycles. The molecule has 2 nitrogen and oxygen atoms in total. The molecule has 0 amide bonds. The van der Waals surface area contributed by atoms with Crippen LogP contribution in [-0.2, 0) is 4.74 Å². The zero-order chi connectivity index (χ0) is 8.23. The summed E-state index contributed by atoms with van der Waals surface area (Å²) in [4.78, 5) is 0. The van der Waals surface area contributed by atoms with E-state index in [1.807, 2.05) is 0 Å². The van der Waals surface area contributed by atoms with Crippen LogP contribution in [0, 0.1) is 5.92 Å². The molecule has 70 valence electrons. The normalized spacial score (nSPS) is 31.5. The minimum atomic E-state index is 0.744. The average molecular weight is 169 g/mol. The van der Waals surface area contributed by atoms with Crippen LogP contribution in [0.15, 0.2) is 0 Å². The Morgan fingerprint density at radius 1 is 1.08 bits per heavy atom. The van der Waals surface area contributed by atoms with Crippen molar-refractivity contribution in [3.05, 3.63) is 0 Å². The fraction of sp³-hybridized carbons (Fsp3) is 1.00. The van der Waals surface area contributed by atoms with Gasteiger partial charge in [-0.25, -0.2) is 0 Å². The lowest BCUT2D eigenvalue weighted by Crippen LogP contribution is -2.30. The Balaban J connectivity index is 1.62. The molecule has 1 saturated carbocycles. The van der Waals surface area contributed by atoms with Gasteiger partial charge >= 0.3 is 0 Å². The third kappa shape index (κ3) is 2.76. The number of hydrogen-bond acceptors (Lipinski definition) is 2. The van der Waals surface area contributed by atoms with Gasteiger partial charge in [0, 0.05) is 19.3 Å². The van der Waals surface area contributed by atoms with Crippen LogP contribution in [-0.4, -0.2) is 25.8 Å². The Morgan fingerprint density at radius 2 is 2.00 bits per heavy atom. The highest BCUT2D eigenvalue weighted by molar-refractivity contribution is 4.78. The molecule has 1 aliphatic heterocycles. The minimum absolute atomic E-state index is 0.744. The van der Waals surface area contributed by atoms with E-state index in [-0.39, 0.29) is 0 Å². The third-order valence-electron chi connectivity index (χ3n) is 2.84. The molecule has 12 heavy (non-hydrogen) atoms. The second-order valence-electron chi connectivity index (χ2n) is 4.09. The predicted molar refractivity (Wildman–Crippen MR) is 49.2 cm³/mol. The maximum absolute atomic E-state index is 5.41. The predicted octanol–water partition coefficient (Wildman–Crippen LogP) is 1.56. The molecule has 0 radical (unpaired) electrons. The summed E-state index contributed by atoms with van der Waals surface area (Å²) in [5, 5.41) is 3.64. The van der Waals surface area contributed by atoms with Crippen molar-refractivity contribution in [3.8, 4) is 0 Å². The lowest BCUT2D eigenvalue weighted by atomic mass is 10.1. The minimum Gasteiger partial charge on any atom is -0.381 e. The van der Waals surface area contributed by atoms with Gasteiger partial charge in [0.25, 0.3) is 0 Å². The highest BCUT2D eigenvalue weighted by atomic mass is 16.5. The van der Waals surface area contributed by atoms with Crippen molar-refractivity contribution in [2.24, 2.45) is 5.92 Å². The Hall–Kier alpha value is -0.0800. The Labute approximate surface area is 74.7 Å². The smallest absolute Gasteiger partial charge is 0.0480 e. The molecule has 1 N–H and O–H groups in total. The van der Waals surface area contributed by atoms with E-state index in [1.165, 1.54) is 38.6 Å². The summed E-state index contributed by atoms with van der Waals surface area (Å²) in [6.45, 7) is 3.19. The topological polar surface area (TPSA) is 21.3 Å². The van der Waals surface area contributed by atoms with Crippen LogP contribution in [0.1, 0.15) is 32.1 Å². The summed E-state index contributed by atoms with van der Waals surface area (Å²) >= 11 is 0. The Morgan fingerprint density at radius 3 is 2.83 bits per heavy atom. The SMILES string of the molecule is C1COCCC(NCC2CC2)C1. The van der Waals surface area contributed by atoms with Crippen molar-refractivity contribution in [3.63, 3.8) is 0 Å². The molecule has 2 heteroatoms. The second kappa shape index (κ2) is 4.24. The van der Waals surface area contributed by atoms with Gasteiger partial charge in [0.05, 0.1) is 0 Å². The van der Waals surface area contributed by atoms with Crippen molar-refractivity contribution >= 4 is 0 Å². The molecular formula is C10H19NO. The molecule has 0 aromatic rings. The summed E-state index contributed by atoms with van der Waals surface area (Å²) in [5.41, 5.74) is 0. The first-order valence-electron chi connectivity index (χ1n) is 5.26. The van der Waals surface area contributed by atoms with E-state index in [9.17, 15) is 0 Å². The van der Waals surface area contributed by atoms with Gasteiger partial charge in [-0.1, -0.05) is 0 Å². The van der Waals surface area contributed by atoms with Gasteiger partial charge in [-0.3, -0.25) is 0 Å². The highest BCUT2D eigenvalue weighted by Crippen LogP contribution is 2.28. The van der Waals surface area contributed by atoms with E-state index in [2.05, 4.69) is 5.32 Å². The van der Waals surface area contributed by atoms with Crippen LogP contribution in [0.4, 0.5) is 0 Å². The van der Waals surface area contributed by atoms with Gasteiger partial charge in [-0.2, -0.15) is 0 Å². The molecule has 0 bridgehead atoms. The fourth-order valence-corrected chi connectivity index (χ4v) is 1.76. The third-order valence-corrected chi connectivity index (χ3v) is 2.84. The van der Waals surface area contributed by atoms with E-state index >= 15 is 0 Å². The van der Waals surface area contributed by atoms with Gasteiger partial charge in [0.1, 0.15) is 0 Å². The van der Waals surface area contributed by atoms with E-state index in [0.717, 1.165) is 25.2 Å². The quantitative estimate of drug-likeness (QED) is 0.692. The molecule has 0 spiro atoms. The van der Waals surface area contributed by atoms with E-state index in [1.54, 1.807) is 0 Å². The fourth-order valence-electron chi connectivity index (χ4n) is 1.76. The van der Waals surface area contributed by atoms with Crippen molar-refractivity contribution in [2.75, 3.05) is 19.8 Å². The van der Waals surface area contributed by atoms with Gasteiger partial charge in [0.15, 0.2) is 0 Å². The van der Waals surface area contributed by atoms with Crippen molar-refractivity contribution in [2.45, 2.75) is 38.1 Å². The first-order valence-corrected chi connectivity index (χ1v) is 5.26. The maximum atomic E-state index is 5.41. The van der Waals surface area contributed by atoms with Gasteiger partial charge in [0.2, 0.25) is 0 Å². The molecule has 2 aliphatic rings. The van der Waals surface area contributed by atoms with Crippen molar-refractivity contribution < 1.29 is 4.74 Å². The van der Waals surface area contributed by atoms with E-state index in [4.69, 9.17) is 4.74 Å². The summed E-state index contributed by atoms with van der Waals surface area (Å²) in [6, 6.07) is 0.744. The van der Waals surface area contributed by atoms with Crippen LogP contribution in [0.2, 0.25) is 0 Å². The number of hydrogen-bond donors (Lipinski definition) is 1. The first-order chi connectivity index (χ1) is 5.95. The molecular weight excluding hydrogens is 150 g/mol. The number of ether oxygens (including phenoxy) is 1. The molecule has 2 rings (SSSR count). The molecule has 2 fully saturated rings. The monoisotopic (exact) mass is 169 g/mol. The van der Waals surface area contributed by atoms with Gasteiger partial charge in [-0.15, -0.1) is 0 Å². The van der Waals surface area contributed by atoms with E-state index < -0.39 is 0 Å². The zero-order valence-corrected chi connectivity index (χ0v) is 7.72. The van der Waals surface area contributed by atoms with Crippen LogP contribution < -0.4 is 5.32 Å². The first kappa shape index (κ1) is 8.52. The molecule has 0 aromatic carbocycles. The average Bonchev–Trinajstić information content (AvgIpc) is 2.90. The summed E-state index contributed by atoms with van der Waals surface area (Å²) in [6.07, 6.45) is 6.67. The van der Waals surface area contributed by atoms with Gasteiger partial charge in [-0.05, 0) is 44.6 Å². The lowest BCUT2D eigenvalue weighted by molar-refractivity contribution is 0.142. The number of rotatable bonds is 3. The summed E-state index contributed by atoms with van der Waals surface area (Å²) < 4.78 is 5.41. The van der Waals surface area contributed by atoms with Crippen molar-refractivity contribution in [1.29, 1.82) is 0 Å². The number of nitrogens with one attached hydrogen (secondary N) is 1. The van der Waals surface area contributed by atoms with E-state index in [0.29, 0.717) is 0 Å². The summed E-state index contributed by atoms with van der Waals surface area (Å²) in [7, 11) is 0.